The van der Waals surface area contributed by atoms with Crippen LogP contribution in [0.15, 0.2) is 18.2 Å². The Morgan fingerprint density at radius 2 is 1.94 bits per heavy atom. The van der Waals surface area contributed by atoms with E-state index in [0.29, 0.717) is 34.2 Å². The third-order valence-electron chi connectivity index (χ3n) is 2.71. The Bertz CT molecular complexity index is 599. The van der Waals surface area contributed by atoms with Crippen molar-refractivity contribution in [1.82, 2.24) is 9.97 Å². The van der Waals surface area contributed by atoms with E-state index in [4.69, 9.17) is 10.5 Å². The van der Waals surface area contributed by atoms with Gasteiger partial charge in [0.05, 0.1) is 12.8 Å². The highest BCUT2D eigenvalue weighted by molar-refractivity contribution is 5.72. The molecular weight excluding hydrogens is 233 g/mol. The van der Waals surface area contributed by atoms with Crippen LogP contribution in [0.25, 0.3) is 11.3 Å². The molecule has 94 valence electrons. The van der Waals surface area contributed by atoms with Crippen molar-refractivity contribution in [3.63, 3.8) is 0 Å². The third-order valence-corrected chi connectivity index (χ3v) is 2.71. The first-order chi connectivity index (χ1) is 8.52. The molecule has 0 amide bonds. The first-order valence-corrected chi connectivity index (χ1v) is 5.47. The minimum absolute atomic E-state index is 0.347. The maximum absolute atomic E-state index is 13.4. The van der Waals surface area contributed by atoms with Crippen molar-refractivity contribution in [3.8, 4) is 17.0 Å². The topological polar surface area (TPSA) is 61.0 Å². The first-order valence-electron chi connectivity index (χ1n) is 5.47. The fourth-order valence-corrected chi connectivity index (χ4v) is 1.78. The summed E-state index contributed by atoms with van der Waals surface area (Å²) in [4.78, 5) is 8.39. The highest BCUT2D eigenvalue weighted by Gasteiger charge is 2.14. The molecule has 0 saturated heterocycles. The number of benzene rings is 1. The average molecular weight is 247 g/mol. The number of hydrogen-bond acceptors (Lipinski definition) is 4. The number of rotatable bonds is 2. The predicted molar refractivity (Wildman–Crippen MR) is 67.9 cm³/mol. The largest absolute Gasteiger partial charge is 0.496 e. The van der Waals surface area contributed by atoms with Gasteiger partial charge in [0.25, 0.3) is 0 Å². The molecule has 1 aromatic carbocycles. The summed E-state index contributed by atoms with van der Waals surface area (Å²) in [6, 6.07) is 4.29. The second-order valence-electron chi connectivity index (χ2n) is 3.97. The summed E-state index contributed by atoms with van der Waals surface area (Å²) < 4.78 is 18.6. The Morgan fingerprint density at radius 3 is 2.61 bits per heavy atom. The zero-order valence-corrected chi connectivity index (χ0v) is 10.5. The molecule has 5 heteroatoms. The van der Waals surface area contributed by atoms with Crippen LogP contribution in [0.5, 0.6) is 5.75 Å². The van der Waals surface area contributed by atoms with Crippen LogP contribution in [-0.2, 0) is 0 Å². The van der Waals surface area contributed by atoms with Gasteiger partial charge >= 0.3 is 0 Å². The summed E-state index contributed by atoms with van der Waals surface area (Å²) in [5.74, 6) is 1.14. The second kappa shape index (κ2) is 4.60. The monoisotopic (exact) mass is 247 g/mol. The standard InChI is InChI=1S/C13H14FN3O/c1-7-12(16-8(2)17-13(7)15)10-6-9(14)4-5-11(10)18-3/h4-6H,1-3H3,(H2,15,16,17). The fraction of sp³-hybridized carbons (Fsp3) is 0.231. The van der Waals surface area contributed by atoms with Crippen molar-refractivity contribution in [2.24, 2.45) is 0 Å². The fourth-order valence-electron chi connectivity index (χ4n) is 1.78. The number of halogens is 1. The van der Waals surface area contributed by atoms with E-state index in [9.17, 15) is 4.39 Å². The van der Waals surface area contributed by atoms with Gasteiger partial charge in [0, 0.05) is 11.1 Å². The lowest BCUT2D eigenvalue weighted by molar-refractivity contribution is 0.415. The van der Waals surface area contributed by atoms with E-state index in [1.54, 1.807) is 19.9 Å². The normalized spacial score (nSPS) is 10.4. The summed E-state index contributed by atoms with van der Waals surface area (Å²) in [7, 11) is 1.53. The van der Waals surface area contributed by atoms with E-state index in [2.05, 4.69) is 9.97 Å². The molecule has 0 aliphatic rings. The molecule has 0 saturated carbocycles. The molecular formula is C13H14FN3O. The summed E-state index contributed by atoms with van der Waals surface area (Å²) >= 11 is 0. The lowest BCUT2D eigenvalue weighted by Gasteiger charge is -2.12. The van der Waals surface area contributed by atoms with Crippen molar-refractivity contribution in [2.75, 3.05) is 12.8 Å². The van der Waals surface area contributed by atoms with Gasteiger partial charge < -0.3 is 10.5 Å². The molecule has 0 spiro atoms. The average Bonchev–Trinajstić information content (AvgIpc) is 2.33. The van der Waals surface area contributed by atoms with Crippen molar-refractivity contribution in [1.29, 1.82) is 0 Å². The molecule has 0 unspecified atom stereocenters. The second-order valence-corrected chi connectivity index (χ2v) is 3.97. The number of nitrogen functional groups attached to an aromatic ring is 1. The lowest BCUT2D eigenvalue weighted by atomic mass is 10.1. The van der Waals surface area contributed by atoms with E-state index < -0.39 is 0 Å². The molecule has 1 aromatic heterocycles. The van der Waals surface area contributed by atoms with Crippen molar-refractivity contribution >= 4 is 5.82 Å². The van der Waals surface area contributed by atoms with Gasteiger partial charge in [0.1, 0.15) is 23.2 Å². The molecule has 0 atom stereocenters. The van der Waals surface area contributed by atoms with E-state index in [1.807, 2.05) is 0 Å². The Balaban J connectivity index is 2.72. The van der Waals surface area contributed by atoms with Crippen molar-refractivity contribution in [3.05, 3.63) is 35.4 Å². The van der Waals surface area contributed by atoms with Gasteiger partial charge in [0.15, 0.2) is 0 Å². The number of anilines is 1. The smallest absolute Gasteiger partial charge is 0.130 e. The number of hydrogen-bond donors (Lipinski definition) is 1. The number of aryl methyl sites for hydroxylation is 1. The van der Waals surface area contributed by atoms with Gasteiger partial charge in [-0.25, -0.2) is 14.4 Å². The molecule has 2 N–H and O–H groups in total. The zero-order chi connectivity index (χ0) is 13.3. The van der Waals surface area contributed by atoms with Crippen LogP contribution < -0.4 is 10.5 Å². The Kier molecular flexibility index (Phi) is 3.14. The lowest BCUT2D eigenvalue weighted by Crippen LogP contribution is -2.03. The van der Waals surface area contributed by atoms with Gasteiger partial charge in [-0.15, -0.1) is 0 Å². The maximum atomic E-state index is 13.4. The molecule has 2 aromatic rings. The van der Waals surface area contributed by atoms with E-state index in [1.165, 1.54) is 19.2 Å². The van der Waals surface area contributed by atoms with Crippen LogP contribution in [0.3, 0.4) is 0 Å². The highest BCUT2D eigenvalue weighted by atomic mass is 19.1. The highest BCUT2D eigenvalue weighted by Crippen LogP contribution is 2.32. The molecule has 0 bridgehead atoms. The quantitative estimate of drug-likeness (QED) is 0.885. The molecule has 0 aliphatic carbocycles. The van der Waals surface area contributed by atoms with Crippen LogP contribution in [0.4, 0.5) is 10.2 Å². The SMILES string of the molecule is COc1ccc(F)cc1-c1nc(C)nc(N)c1C. The molecule has 2 rings (SSSR count). The number of ether oxygens (including phenoxy) is 1. The Labute approximate surface area is 105 Å². The number of nitrogens with zero attached hydrogens (tertiary/aromatic N) is 2. The Hall–Kier alpha value is -2.17. The molecule has 4 nitrogen and oxygen atoms in total. The Morgan fingerprint density at radius 1 is 1.22 bits per heavy atom. The minimum atomic E-state index is -0.347. The van der Waals surface area contributed by atoms with Gasteiger partial charge in [-0.05, 0) is 32.0 Å². The maximum Gasteiger partial charge on any atom is 0.130 e. The van der Waals surface area contributed by atoms with E-state index >= 15 is 0 Å². The van der Waals surface area contributed by atoms with Crippen LogP contribution >= 0.6 is 0 Å². The molecule has 18 heavy (non-hydrogen) atoms. The third kappa shape index (κ3) is 2.11. The van der Waals surface area contributed by atoms with Gasteiger partial charge in [-0.1, -0.05) is 0 Å². The summed E-state index contributed by atoms with van der Waals surface area (Å²) in [6.07, 6.45) is 0. The molecule has 0 fully saturated rings. The van der Waals surface area contributed by atoms with Crippen LogP contribution in [0.1, 0.15) is 11.4 Å². The van der Waals surface area contributed by atoms with Gasteiger partial charge in [0.2, 0.25) is 0 Å². The van der Waals surface area contributed by atoms with Crippen molar-refractivity contribution < 1.29 is 9.13 Å². The van der Waals surface area contributed by atoms with Crippen LogP contribution in [0.2, 0.25) is 0 Å². The summed E-state index contributed by atoms with van der Waals surface area (Å²) in [6.45, 7) is 3.54. The van der Waals surface area contributed by atoms with Crippen molar-refractivity contribution in [2.45, 2.75) is 13.8 Å². The van der Waals surface area contributed by atoms with Gasteiger partial charge in [-0.3, -0.25) is 0 Å². The van der Waals surface area contributed by atoms with E-state index in [0.717, 1.165) is 0 Å². The molecule has 0 aliphatic heterocycles. The molecule has 1 heterocycles. The number of aromatic nitrogens is 2. The van der Waals surface area contributed by atoms with Gasteiger partial charge in [-0.2, -0.15) is 0 Å². The number of nitrogens with two attached hydrogens (primary N) is 1. The summed E-state index contributed by atoms with van der Waals surface area (Å²) in [5.41, 5.74) is 7.69. The molecule has 0 radical (unpaired) electrons. The van der Waals surface area contributed by atoms with Crippen LogP contribution in [0, 0.1) is 19.7 Å². The number of methoxy groups -OCH3 is 1. The first kappa shape index (κ1) is 12.3. The summed E-state index contributed by atoms with van der Waals surface area (Å²) in [5, 5.41) is 0. The minimum Gasteiger partial charge on any atom is -0.496 e. The van der Waals surface area contributed by atoms with E-state index in [-0.39, 0.29) is 5.82 Å². The predicted octanol–water partition coefficient (Wildman–Crippen LogP) is 2.49. The zero-order valence-electron chi connectivity index (χ0n) is 10.5. The van der Waals surface area contributed by atoms with Crippen LogP contribution in [-0.4, -0.2) is 17.1 Å².